The topological polar surface area (TPSA) is 93.1 Å². The Kier molecular flexibility index (Phi) is 20.6. The van der Waals surface area contributed by atoms with Crippen molar-refractivity contribution >= 4 is 18.0 Å². The summed E-state index contributed by atoms with van der Waals surface area (Å²) in [6.07, 6.45) is 18.1. The number of hydrogen-bond donors (Lipinski definition) is 2. The van der Waals surface area contributed by atoms with Gasteiger partial charge in [0.1, 0.15) is 5.57 Å². The van der Waals surface area contributed by atoms with Gasteiger partial charge in [-0.2, -0.15) is 0 Å². The number of carbonyl (C=O) groups excluding carboxylic acids is 2. The molecule has 0 aromatic heterocycles. The summed E-state index contributed by atoms with van der Waals surface area (Å²) in [4.78, 5) is 25.4. The van der Waals surface area contributed by atoms with E-state index >= 15 is 0 Å². The van der Waals surface area contributed by atoms with Gasteiger partial charge >= 0.3 is 11.9 Å². The summed E-state index contributed by atoms with van der Waals surface area (Å²) >= 11 is 0. The quantitative estimate of drug-likeness (QED) is 0.0590. The molecule has 2 N–H and O–H groups in total. The average Bonchev–Trinajstić information content (AvgIpc) is 2.89. The molecule has 0 atom stereocenters. The monoisotopic (exact) mass is 504 g/mol. The first kappa shape index (κ1) is 31.8. The summed E-state index contributed by atoms with van der Waals surface area (Å²) < 4.78 is 10.8. The summed E-state index contributed by atoms with van der Waals surface area (Å²) in [5, 5.41) is 17.6. The number of unbranched alkanes of at least 4 members (excludes halogenated alkanes) is 14. The van der Waals surface area contributed by atoms with Crippen LogP contribution in [0.2, 0.25) is 0 Å². The van der Waals surface area contributed by atoms with Gasteiger partial charge in [-0.1, -0.05) is 107 Å². The molecule has 1 aromatic rings. The maximum atomic E-state index is 12.7. The van der Waals surface area contributed by atoms with Crippen LogP contribution in [0.25, 0.3) is 6.08 Å². The Hall–Kier alpha value is -2.18. The minimum Gasteiger partial charge on any atom is -0.462 e. The van der Waals surface area contributed by atoms with Crippen LogP contribution in [0.15, 0.2) is 35.9 Å². The first-order valence-corrected chi connectivity index (χ1v) is 14.0. The largest absolute Gasteiger partial charge is 0.462 e. The van der Waals surface area contributed by atoms with Crippen molar-refractivity contribution in [1.82, 2.24) is 0 Å². The lowest BCUT2D eigenvalue weighted by molar-refractivity contribution is -0.147. The van der Waals surface area contributed by atoms with Crippen LogP contribution in [0, 0.1) is 0 Å². The second kappa shape index (κ2) is 23.2. The highest BCUT2D eigenvalue weighted by Gasteiger charge is 2.21. The highest BCUT2D eigenvalue weighted by Crippen LogP contribution is 2.13. The molecule has 0 saturated carbocycles. The third kappa shape index (κ3) is 17.3. The Morgan fingerprint density at radius 2 is 0.917 bits per heavy atom. The van der Waals surface area contributed by atoms with E-state index in [4.69, 9.17) is 19.7 Å². The van der Waals surface area contributed by atoms with Gasteiger partial charge in [0, 0.05) is 13.2 Å². The van der Waals surface area contributed by atoms with Gasteiger partial charge < -0.3 is 19.7 Å². The number of ether oxygens (including phenoxy) is 2. The molecule has 0 aliphatic rings. The third-order valence-corrected chi connectivity index (χ3v) is 6.12. The molecular weight excluding hydrogens is 456 g/mol. The smallest absolute Gasteiger partial charge is 0.345 e. The second-order valence-electron chi connectivity index (χ2n) is 9.34. The number of rotatable bonds is 23. The highest BCUT2D eigenvalue weighted by molar-refractivity contribution is 6.17. The minimum atomic E-state index is -0.629. The Morgan fingerprint density at radius 1 is 0.556 bits per heavy atom. The standard InChI is InChI=1S/C30H48O6/c31-22-16-9-5-1-3-7-11-18-24-35-29(33)28(26-27-20-14-13-15-21-27)30(34)36-25-19-12-8-4-2-6-10-17-23-32/h13-15,20-21,26,31-32H,1-12,16-19,22-25H2. The fraction of sp³-hybridized carbons (Fsp3) is 0.667. The molecule has 0 heterocycles. The summed E-state index contributed by atoms with van der Waals surface area (Å²) in [6.45, 7) is 1.13. The molecule has 0 bridgehead atoms. The fourth-order valence-corrected chi connectivity index (χ4v) is 3.95. The zero-order valence-electron chi connectivity index (χ0n) is 22.1. The Morgan fingerprint density at radius 3 is 1.31 bits per heavy atom. The zero-order valence-corrected chi connectivity index (χ0v) is 22.1. The van der Waals surface area contributed by atoms with E-state index < -0.39 is 11.9 Å². The van der Waals surface area contributed by atoms with Gasteiger partial charge in [-0.05, 0) is 37.3 Å². The van der Waals surface area contributed by atoms with Crippen molar-refractivity contribution in [2.75, 3.05) is 26.4 Å². The Bertz CT molecular complexity index is 663. The summed E-state index contributed by atoms with van der Waals surface area (Å²) in [5.41, 5.74) is 0.692. The van der Waals surface area contributed by atoms with Gasteiger partial charge in [0.05, 0.1) is 13.2 Å². The number of esters is 2. The number of aliphatic hydroxyl groups is 2. The summed E-state index contributed by atoms with van der Waals surface area (Å²) in [7, 11) is 0. The normalized spacial score (nSPS) is 10.7. The van der Waals surface area contributed by atoms with Crippen LogP contribution in [0.4, 0.5) is 0 Å². The molecular formula is C30H48O6. The van der Waals surface area contributed by atoms with Crippen molar-refractivity contribution in [1.29, 1.82) is 0 Å². The molecule has 1 aromatic carbocycles. The Labute approximate surface area is 218 Å². The SMILES string of the molecule is O=C(OCCCCCCCCCCO)C(=Cc1ccccc1)C(=O)OCCCCCCCCCCO. The molecule has 0 aliphatic heterocycles. The lowest BCUT2D eigenvalue weighted by atomic mass is 10.1. The van der Waals surface area contributed by atoms with Crippen LogP contribution in [-0.4, -0.2) is 48.6 Å². The molecule has 0 unspecified atom stereocenters. The minimum absolute atomic E-state index is 0.0611. The molecule has 0 amide bonds. The Balaban J connectivity index is 2.34. The molecule has 204 valence electrons. The number of carbonyl (C=O) groups is 2. The van der Waals surface area contributed by atoms with Crippen LogP contribution < -0.4 is 0 Å². The molecule has 0 fully saturated rings. The van der Waals surface area contributed by atoms with Gasteiger partial charge in [0.15, 0.2) is 0 Å². The van der Waals surface area contributed by atoms with Crippen LogP contribution in [0.5, 0.6) is 0 Å². The number of aliphatic hydroxyl groups excluding tert-OH is 2. The molecule has 0 aliphatic carbocycles. The van der Waals surface area contributed by atoms with Crippen LogP contribution in [0.1, 0.15) is 108 Å². The second-order valence-corrected chi connectivity index (χ2v) is 9.34. The van der Waals surface area contributed by atoms with Crippen molar-refractivity contribution in [3.05, 3.63) is 41.5 Å². The lowest BCUT2D eigenvalue weighted by Gasteiger charge is -2.10. The lowest BCUT2D eigenvalue weighted by Crippen LogP contribution is -2.19. The van der Waals surface area contributed by atoms with Crippen LogP contribution in [-0.2, 0) is 19.1 Å². The highest BCUT2D eigenvalue weighted by atomic mass is 16.6. The average molecular weight is 505 g/mol. The summed E-state index contributed by atoms with van der Waals surface area (Å²) in [6, 6.07) is 9.26. The number of benzene rings is 1. The van der Waals surface area contributed by atoms with Crippen molar-refractivity contribution in [3.8, 4) is 0 Å². The van der Waals surface area contributed by atoms with E-state index in [0.29, 0.717) is 13.2 Å². The molecule has 6 nitrogen and oxygen atoms in total. The first-order chi connectivity index (χ1) is 17.7. The fourth-order valence-electron chi connectivity index (χ4n) is 3.95. The summed E-state index contributed by atoms with van der Waals surface area (Å²) in [5.74, 6) is -1.26. The third-order valence-electron chi connectivity index (χ3n) is 6.12. The van der Waals surface area contributed by atoms with E-state index in [-0.39, 0.29) is 18.8 Å². The van der Waals surface area contributed by atoms with E-state index in [1.54, 1.807) is 6.08 Å². The van der Waals surface area contributed by atoms with Crippen molar-refractivity contribution < 1.29 is 29.3 Å². The molecule has 1 rings (SSSR count). The predicted molar refractivity (Wildman–Crippen MR) is 144 cm³/mol. The van der Waals surface area contributed by atoms with E-state index in [9.17, 15) is 9.59 Å². The van der Waals surface area contributed by atoms with Gasteiger partial charge in [0.25, 0.3) is 0 Å². The van der Waals surface area contributed by atoms with E-state index in [1.807, 2.05) is 30.3 Å². The van der Waals surface area contributed by atoms with E-state index in [2.05, 4.69) is 0 Å². The van der Waals surface area contributed by atoms with Crippen molar-refractivity contribution in [2.24, 2.45) is 0 Å². The maximum absolute atomic E-state index is 12.7. The molecule has 36 heavy (non-hydrogen) atoms. The van der Waals surface area contributed by atoms with Crippen LogP contribution >= 0.6 is 0 Å². The first-order valence-electron chi connectivity index (χ1n) is 14.0. The van der Waals surface area contributed by atoms with Gasteiger partial charge in [-0.15, -0.1) is 0 Å². The van der Waals surface area contributed by atoms with Crippen molar-refractivity contribution in [2.45, 2.75) is 103 Å². The van der Waals surface area contributed by atoms with E-state index in [0.717, 1.165) is 95.5 Å². The number of hydrogen-bond acceptors (Lipinski definition) is 6. The van der Waals surface area contributed by atoms with Gasteiger partial charge in [-0.25, -0.2) is 9.59 Å². The van der Waals surface area contributed by atoms with Gasteiger partial charge in [0.2, 0.25) is 0 Å². The maximum Gasteiger partial charge on any atom is 0.345 e. The van der Waals surface area contributed by atoms with Gasteiger partial charge in [-0.3, -0.25) is 0 Å². The molecule has 6 heteroatoms. The zero-order chi connectivity index (χ0) is 26.1. The molecule has 0 radical (unpaired) electrons. The predicted octanol–water partition coefficient (Wildman–Crippen LogP) is 6.38. The molecule has 0 spiro atoms. The van der Waals surface area contributed by atoms with Crippen molar-refractivity contribution in [3.63, 3.8) is 0 Å². The molecule has 0 saturated heterocycles. The van der Waals surface area contributed by atoms with E-state index in [1.165, 1.54) is 12.8 Å². The van der Waals surface area contributed by atoms with Crippen LogP contribution in [0.3, 0.4) is 0 Å².